The number of sulfonamides is 1. The molecule has 0 atom stereocenters. The first-order chi connectivity index (χ1) is 13.0. The topological polar surface area (TPSA) is 75.7 Å². The summed E-state index contributed by atoms with van der Waals surface area (Å²) in [6.45, 7) is 2.03. The Kier molecular flexibility index (Phi) is 6.73. The van der Waals surface area contributed by atoms with E-state index in [0.717, 1.165) is 0 Å². The Bertz CT molecular complexity index is 962. The van der Waals surface area contributed by atoms with Gasteiger partial charge in [-0.05, 0) is 51.1 Å². The number of carbonyl (C=O) groups excluding carboxylic acids is 1. The zero-order valence-corrected chi connectivity index (χ0v) is 16.8. The van der Waals surface area contributed by atoms with Crippen molar-refractivity contribution < 1.29 is 26.7 Å². The number of halogens is 2. The van der Waals surface area contributed by atoms with Gasteiger partial charge in [0, 0.05) is 29.9 Å². The van der Waals surface area contributed by atoms with Gasteiger partial charge in [-0.15, -0.1) is 0 Å². The molecule has 0 unspecified atom stereocenters. The van der Waals surface area contributed by atoms with Gasteiger partial charge in [0.05, 0.1) is 4.90 Å². The summed E-state index contributed by atoms with van der Waals surface area (Å²) < 4.78 is 55.8. The Morgan fingerprint density at radius 1 is 1.14 bits per heavy atom. The number of benzene rings is 2. The molecular formula is C19H22F2N2O4S. The van der Waals surface area contributed by atoms with Gasteiger partial charge in [-0.2, -0.15) is 13.1 Å². The quantitative estimate of drug-likeness (QED) is 0.749. The molecule has 0 aliphatic rings. The van der Waals surface area contributed by atoms with Crippen LogP contribution in [0, 0.1) is 6.92 Å². The number of rotatable bonds is 7. The summed E-state index contributed by atoms with van der Waals surface area (Å²) in [4.78, 5) is 12.6. The maximum atomic E-state index is 12.6. The third-order valence-electron chi connectivity index (χ3n) is 4.25. The molecule has 28 heavy (non-hydrogen) atoms. The van der Waals surface area contributed by atoms with Gasteiger partial charge < -0.3 is 10.1 Å². The number of hydrogen-bond acceptors (Lipinski definition) is 4. The van der Waals surface area contributed by atoms with Crippen LogP contribution in [0.3, 0.4) is 0 Å². The molecule has 1 amide bonds. The van der Waals surface area contributed by atoms with E-state index in [0.29, 0.717) is 5.56 Å². The van der Waals surface area contributed by atoms with E-state index in [1.54, 1.807) is 19.9 Å². The first-order valence-corrected chi connectivity index (χ1v) is 9.92. The molecular weight excluding hydrogens is 390 g/mol. The number of hydrogen-bond donors (Lipinski definition) is 1. The molecule has 0 fully saturated rings. The van der Waals surface area contributed by atoms with Crippen molar-refractivity contribution in [1.82, 2.24) is 4.31 Å². The Morgan fingerprint density at radius 2 is 1.79 bits per heavy atom. The van der Waals surface area contributed by atoms with Crippen LogP contribution in [0.25, 0.3) is 0 Å². The second-order valence-corrected chi connectivity index (χ2v) is 8.40. The van der Waals surface area contributed by atoms with Crippen molar-refractivity contribution >= 4 is 21.6 Å². The van der Waals surface area contributed by atoms with Gasteiger partial charge in [-0.3, -0.25) is 4.79 Å². The van der Waals surface area contributed by atoms with Crippen LogP contribution in [0.15, 0.2) is 47.4 Å². The van der Waals surface area contributed by atoms with E-state index in [2.05, 4.69) is 10.1 Å². The maximum Gasteiger partial charge on any atom is 0.387 e. The highest BCUT2D eigenvalue weighted by molar-refractivity contribution is 7.89. The fourth-order valence-electron chi connectivity index (χ4n) is 2.41. The fourth-order valence-corrected chi connectivity index (χ4v) is 3.82. The van der Waals surface area contributed by atoms with Gasteiger partial charge in [0.1, 0.15) is 5.75 Å². The SMILES string of the molecule is Cc1c(NC(=O)c2cccc(S(=O)(=O)N(C)C(C)C)c2)cccc1OC(F)F. The Morgan fingerprint density at radius 3 is 2.39 bits per heavy atom. The zero-order chi connectivity index (χ0) is 21.1. The molecule has 6 nitrogen and oxygen atoms in total. The van der Waals surface area contributed by atoms with Gasteiger partial charge >= 0.3 is 6.61 Å². The monoisotopic (exact) mass is 412 g/mol. The summed E-state index contributed by atoms with van der Waals surface area (Å²) in [6.07, 6.45) is 0. The molecule has 0 saturated carbocycles. The first-order valence-electron chi connectivity index (χ1n) is 8.48. The summed E-state index contributed by atoms with van der Waals surface area (Å²) >= 11 is 0. The van der Waals surface area contributed by atoms with Crippen molar-refractivity contribution in [1.29, 1.82) is 0 Å². The fraction of sp³-hybridized carbons (Fsp3) is 0.316. The zero-order valence-electron chi connectivity index (χ0n) is 15.9. The number of ether oxygens (including phenoxy) is 1. The lowest BCUT2D eigenvalue weighted by atomic mass is 10.1. The van der Waals surface area contributed by atoms with Crippen LogP contribution in [0.4, 0.5) is 14.5 Å². The second kappa shape index (κ2) is 8.66. The van der Waals surface area contributed by atoms with E-state index >= 15 is 0 Å². The molecule has 0 aromatic heterocycles. The van der Waals surface area contributed by atoms with Gasteiger partial charge in [0.2, 0.25) is 10.0 Å². The van der Waals surface area contributed by atoms with E-state index in [1.165, 1.54) is 54.7 Å². The molecule has 0 bridgehead atoms. The number of anilines is 1. The standard InChI is InChI=1S/C19H22F2N2O4S/c1-12(2)23(4)28(25,26)15-8-5-7-14(11-15)18(24)22-16-9-6-10-17(13(16)3)27-19(20)21/h5-12,19H,1-4H3,(H,22,24). The number of carbonyl (C=O) groups is 1. The smallest absolute Gasteiger partial charge is 0.387 e. The third kappa shape index (κ3) is 4.85. The lowest BCUT2D eigenvalue weighted by molar-refractivity contribution is -0.0502. The van der Waals surface area contributed by atoms with Crippen LogP contribution in [0.2, 0.25) is 0 Å². The first kappa shape index (κ1) is 21.8. The maximum absolute atomic E-state index is 12.6. The molecule has 0 saturated heterocycles. The summed E-state index contributed by atoms with van der Waals surface area (Å²) in [5.41, 5.74) is 0.744. The molecule has 0 heterocycles. The average Bonchev–Trinajstić information content (AvgIpc) is 2.63. The van der Waals surface area contributed by atoms with Gasteiger partial charge in [0.25, 0.3) is 5.91 Å². The molecule has 0 aliphatic heterocycles. The van der Waals surface area contributed by atoms with E-state index in [-0.39, 0.29) is 27.9 Å². The number of alkyl halides is 2. The van der Waals surface area contributed by atoms with Crippen molar-refractivity contribution in [2.45, 2.75) is 38.3 Å². The van der Waals surface area contributed by atoms with Crippen molar-refractivity contribution in [2.24, 2.45) is 0 Å². The third-order valence-corrected chi connectivity index (χ3v) is 6.28. The largest absolute Gasteiger partial charge is 0.434 e. The summed E-state index contributed by atoms with van der Waals surface area (Å²) in [6, 6.07) is 9.76. The minimum atomic E-state index is -3.75. The lowest BCUT2D eigenvalue weighted by Crippen LogP contribution is -2.33. The number of amides is 1. The Balaban J connectivity index is 2.30. The molecule has 2 rings (SSSR count). The van der Waals surface area contributed by atoms with Crippen LogP contribution < -0.4 is 10.1 Å². The molecule has 2 aromatic rings. The van der Waals surface area contributed by atoms with Crippen molar-refractivity contribution in [3.63, 3.8) is 0 Å². The summed E-state index contributed by atoms with van der Waals surface area (Å²) in [7, 11) is -2.28. The van der Waals surface area contributed by atoms with Gasteiger partial charge in [-0.25, -0.2) is 8.42 Å². The van der Waals surface area contributed by atoms with Crippen LogP contribution in [-0.2, 0) is 10.0 Å². The highest BCUT2D eigenvalue weighted by atomic mass is 32.2. The Hall–Kier alpha value is -2.52. The molecule has 0 spiro atoms. The molecule has 2 aromatic carbocycles. The molecule has 0 radical (unpaired) electrons. The molecule has 9 heteroatoms. The minimum absolute atomic E-state index is 0.0112. The van der Waals surface area contributed by atoms with Crippen LogP contribution in [-0.4, -0.2) is 38.3 Å². The van der Waals surface area contributed by atoms with E-state index < -0.39 is 22.5 Å². The number of nitrogens with one attached hydrogen (secondary N) is 1. The van der Waals surface area contributed by atoms with E-state index in [9.17, 15) is 22.0 Å². The van der Waals surface area contributed by atoms with Crippen LogP contribution in [0.1, 0.15) is 29.8 Å². The minimum Gasteiger partial charge on any atom is -0.434 e. The highest BCUT2D eigenvalue weighted by Gasteiger charge is 2.24. The predicted molar refractivity (Wildman–Crippen MR) is 102 cm³/mol. The number of nitrogens with zero attached hydrogens (tertiary/aromatic N) is 1. The normalized spacial score (nSPS) is 11.9. The second-order valence-electron chi connectivity index (χ2n) is 6.40. The predicted octanol–water partition coefficient (Wildman–Crippen LogP) is 3.88. The van der Waals surface area contributed by atoms with Crippen molar-refractivity contribution in [3.05, 3.63) is 53.6 Å². The van der Waals surface area contributed by atoms with E-state index in [4.69, 9.17) is 0 Å². The van der Waals surface area contributed by atoms with Crippen LogP contribution >= 0.6 is 0 Å². The molecule has 152 valence electrons. The van der Waals surface area contributed by atoms with Crippen molar-refractivity contribution in [2.75, 3.05) is 12.4 Å². The summed E-state index contributed by atoms with van der Waals surface area (Å²) in [5.74, 6) is -0.621. The molecule has 1 N–H and O–H groups in total. The van der Waals surface area contributed by atoms with Crippen molar-refractivity contribution in [3.8, 4) is 5.75 Å². The van der Waals surface area contributed by atoms with Gasteiger partial charge in [-0.1, -0.05) is 12.1 Å². The average molecular weight is 412 g/mol. The Labute approximate surface area is 163 Å². The van der Waals surface area contributed by atoms with Gasteiger partial charge in [0.15, 0.2) is 0 Å². The molecule has 0 aliphatic carbocycles. The van der Waals surface area contributed by atoms with E-state index in [1.807, 2.05) is 0 Å². The summed E-state index contributed by atoms with van der Waals surface area (Å²) in [5, 5.41) is 2.60. The lowest BCUT2D eigenvalue weighted by Gasteiger charge is -2.21. The van der Waals surface area contributed by atoms with Crippen LogP contribution in [0.5, 0.6) is 5.75 Å². The highest BCUT2D eigenvalue weighted by Crippen LogP contribution is 2.27.